The molecular weight excluding hydrogens is 264 g/mol. The molecule has 21 heavy (non-hydrogen) atoms. The Bertz CT molecular complexity index is 700. The summed E-state index contributed by atoms with van der Waals surface area (Å²) in [7, 11) is 0. The van der Waals surface area contributed by atoms with Crippen molar-refractivity contribution in [2.45, 2.75) is 6.92 Å². The van der Waals surface area contributed by atoms with Crippen molar-refractivity contribution in [3.05, 3.63) is 84.1 Å². The van der Waals surface area contributed by atoms with Gasteiger partial charge in [-0.1, -0.05) is 43.5 Å². The molecule has 3 heteroatoms. The van der Waals surface area contributed by atoms with E-state index in [1.807, 2.05) is 6.07 Å². The van der Waals surface area contributed by atoms with Gasteiger partial charge in [-0.15, -0.1) is 0 Å². The zero-order valence-corrected chi connectivity index (χ0v) is 11.8. The number of allylic oxidation sites excluding steroid dienone is 1. The summed E-state index contributed by atoms with van der Waals surface area (Å²) in [5.41, 5.74) is 1.45. The van der Waals surface area contributed by atoms with E-state index in [2.05, 4.69) is 13.2 Å². The van der Waals surface area contributed by atoms with Gasteiger partial charge in [-0.3, -0.25) is 4.79 Å². The molecule has 3 nitrogen and oxygen atoms in total. The Labute approximate surface area is 123 Å². The van der Waals surface area contributed by atoms with Gasteiger partial charge in [0, 0.05) is 11.6 Å². The van der Waals surface area contributed by atoms with Crippen molar-refractivity contribution in [2.75, 3.05) is 0 Å². The van der Waals surface area contributed by atoms with Crippen molar-refractivity contribution in [1.82, 2.24) is 0 Å². The second kappa shape index (κ2) is 6.09. The summed E-state index contributed by atoms with van der Waals surface area (Å²) < 4.78 is 5.43. The molecular formula is C18H16O3. The first-order chi connectivity index (χ1) is 9.99. The van der Waals surface area contributed by atoms with Crippen LogP contribution in [0.1, 0.15) is 22.8 Å². The van der Waals surface area contributed by atoms with E-state index in [0.717, 1.165) is 0 Å². The van der Waals surface area contributed by atoms with E-state index in [-0.39, 0.29) is 17.1 Å². The standard InChI is InChI=1S/C18H16O3/c1-12(2)13(3)21-15-9-10-16(17(19)11-15)18(20)14-7-5-4-6-8-14/h4-11,19H,1,3H2,2H3. The smallest absolute Gasteiger partial charge is 0.196 e. The number of carbonyl (C=O) groups excluding carboxylic acids is 1. The minimum Gasteiger partial charge on any atom is -0.507 e. The fourth-order valence-corrected chi connectivity index (χ4v) is 1.74. The van der Waals surface area contributed by atoms with Crippen LogP contribution in [-0.4, -0.2) is 10.9 Å². The van der Waals surface area contributed by atoms with Crippen molar-refractivity contribution in [2.24, 2.45) is 0 Å². The van der Waals surface area contributed by atoms with Gasteiger partial charge in [0.15, 0.2) is 5.78 Å². The third-order valence-electron chi connectivity index (χ3n) is 2.97. The predicted molar refractivity (Wildman–Crippen MR) is 82.6 cm³/mol. The number of rotatable bonds is 5. The summed E-state index contributed by atoms with van der Waals surface area (Å²) in [4.78, 5) is 12.3. The minimum atomic E-state index is -0.238. The van der Waals surface area contributed by atoms with Gasteiger partial charge in [0.05, 0.1) is 5.56 Å². The molecule has 0 saturated heterocycles. The summed E-state index contributed by atoms with van der Waals surface area (Å²) in [5.74, 6) is 0.455. The number of phenols is 1. The summed E-state index contributed by atoms with van der Waals surface area (Å²) >= 11 is 0. The largest absolute Gasteiger partial charge is 0.507 e. The second-order valence-corrected chi connectivity index (χ2v) is 4.68. The lowest BCUT2D eigenvalue weighted by atomic mass is 10.0. The Morgan fingerprint density at radius 2 is 1.76 bits per heavy atom. The van der Waals surface area contributed by atoms with Gasteiger partial charge in [0.25, 0.3) is 0 Å². The molecule has 106 valence electrons. The lowest BCUT2D eigenvalue weighted by Crippen LogP contribution is -2.02. The van der Waals surface area contributed by atoms with Crippen LogP contribution in [0, 0.1) is 0 Å². The van der Waals surface area contributed by atoms with Gasteiger partial charge < -0.3 is 9.84 Å². The first-order valence-electron chi connectivity index (χ1n) is 6.44. The van der Waals surface area contributed by atoms with Crippen LogP contribution in [0.3, 0.4) is 0 Å². The van der Waals surface area contributed by atoms with Gasteiger partial charge in [-0.2, -0.15) is 0 Å². The van der Waals surface area contributed by atoms with E-state index in [4.69, 9.17) is 4.74 Å². The molecule has 0 bridgehead atoms. The van der Waals surface area contributed by atoms with Crippen LogP contribution in [0.25, 0.3) is 0 Å². The molecule has 0 spiro atoms. The van der Waals surface area contributed by atoms with Gasteiger partial charge in [-0.05, 0) is 24.6 Å². The number of aromatic hydroxyl groups is 1. The molecule has 0 atom stereocenters. The normalized spacial score (nSPS) is 9.95. The highest BCUT2D eigenvalue weighted by atomic mass is 16.5. The van der Waals surface area contributed by atoms with Crippen molar-refractivity contribution < 1.29 is 14.6 Å². The monoisotopic (exact) mass is 280 g/mol. The highest BCUT2D eigenvalue weighted by Crippen LogP contribution is 2.27. The summed E-state index contributed by atoms with van der Waals surface area (Å²) in [5, 5.41) is 10.0. The number of carbonyl (C=O) groups is 1. The Balaban J connectivity index is 2.26. The third kappa shape index (κ3) is 3.39. The maximum absolute atomic E-state index is 12.3. The van der Waals surface area contributed by atoms with E-state index in [9.17, 15) is 9.90 Å². The van der Waals surface area contributed by atoms with Crippen molar-refractivity contribution in [3.63, 3.8) is 0 Å². The third-order valence-corrected chi connectivity index (χ3v) is 2.97. The van der Waals surface area contributed by atoms with Gasteiger partial charge >= 0.3 is 0 Å². The van der Waals surface area contributed by atoms with Crippen LogP contribution in [-0.2, 0) is 0 Å². The van der Waals surface area contributed by atoms with Crippen LogP contribution < -0.4 is 4.74 Å². The maximum Gasteiger partial charge on any atom is 0.196 e. The first kappa shape index (κ1) is 14.6. The minimum absolute atomic E-state index is 0.129. The number of hydrogen-bond acceptors (Lipinski definition) is 3. The SMILES string of the molecule is C=C(C)C(=C)Oc1ccc(C(=O)c2ccccc2)c(O)c1. The van der Waals surface area contributed by atoms with E-state index in [1.165, 1.54) is 12.1 Å². The van der Waals surface area contributed by atoms with E-state index in [0.29, 0.717) is 22.6 Å². The fourth-order valence-electron chi connectivity index (χ4n) is 1.74. The van der Waals surface area contributed by atoms with Crippen LogP contribution in [0.5, 0.6) is 11.5 Å². The number of ether oxygens (including phenoxy) is 1. The van der Waals surface area contributed by atoms with Gasteiger partial charge in [-0.25, -0.2) is 0 Å². The summed E-state index contributed by atoms with van der Waals surface area (Å²) in [6.07, 6.45) is 0. The predicted octanol–water partition coefficient (Wildman–Crippen LogP) is 4.09. The molecule has 0 unspecified atom stereocenters. The highest BCUT2D eigenvalue weighted by molar-refractivity contribution is 6.10. The van der Waals surface area contributed by atoms with Gasteiger partial charge in [0.2, 0.25) is 0 Å². The van der Waals surface area contributed by atoms with Crippen LogP contribution in [0.2, 0.25) is 0 Å². The van der Waals surface area contributed by atoms with E-state index in [1.54, 1.807) is 37.3 Å². The molecule has 1 N–H and O–H groups in total. The number of ketones is 1. The lowest BCUT2D eigenvalue weighted by Gasteiger charge is -2.10. The highest BCUT2D eigenvalue weighted by Gasteiger charge is 2.14. The van der Waals surface area contributed by atoms with Crippen molar-refractivity contribution in [3.8, 4) is 11.5 Å². The zero-order chi connectivity index (χ0) is 15.4. The molecule has 2 rings (SSSR count). The molecule has 0 aliphatic carbocycles. The Morgan fingerprint density at radius 1 is 1.10 bits per heavy atom. The fraction of sp³-hybridized carbons (Fsp3) is 0.0556. The van der Waals surface area contributed by atoms with Crippen LogP contribution in [0.15, 0.2) is 73.0 Å². The average molecular weight is 280 g/mol. The molecule has 0 heterocycles. The molecule has 0 aromatic heterocycles. The maximum atomic E-state index is 12.3. The van der Waals surface area contributed by atoms with Crippen LogP contribution >= 0.6 is 0 Å². The van der Waals surface area contributed by atoms with Crippen molar-refractivity contribution in [1.29, 1.82) is 0 Å². The van der Waals surface area contributed by atoms with Crippen LogP contribution in [0.4, 0.5) is 0 Å². The number of hydrogen-bond donors (Lipinski definition) is 1. The number of benzene rings is 2. The number of phenolic OH excluding ortho intramolecular Hbond substituents is 1. The Morgan fingerprint density at radius 3 is 2.33 bits per heavy atom. The molecule has 0 saturated carbocycles. The summed E-state index contributed by atoms with van der Waals surface area (Å²) in [6.45, 7) is 9.21. The molecule has 0 aliphatic heterocycles. The van der Waals surface area contributed by atoms with E-state index < -0.39 is 0 Å². The second-order valence-electron chi connectivity index (χ2n) is 4.68. The molecule has 2 aromatic carbocycles. The average Bonchev–Trinajstić information content (AvgIpc) is 2.47. The first-order valence-corrected chi connectivity index (χ1v) is 6.44. The molecule has 0 radical (unpaired) electrons. The molecule has 0 amide bonds. The van der Waals surface area contributed by atoms with E-state index >= 15 is 0 Å². The zero-order valence-electron chi connectivity index (χ0n) is 11.8. The molecule has 0 fully saturated rings. The van der Waals surface area contributed by atoms with Gasteiger partial charge in [0.1, 0.15) is 17.3 Å². The quantitative estimate of drug-likeness (QED) is 0.509. The molecule has 0 aliphatic rings. The topological polar surface area (TPSA) is 46.5 Å². The molecule has 2 aromatic rings. The van der Waals surface area contributed by atoms with Crippen molar-refractivity contribution >= 4 is 5.78 Å². The summed E-state index contributed by atoms with van der Waals surface area (Å²) in [6, 6.07) is 13.3. The lowest BCUT2D eigenvalue weighted by molar-refractivity contribution is 0.103. The Hall–Kier alpha value is -2.81. The Kier molecular flexibility index (Phi) is 4.24.